The van der Waals surface area contributed by atoms with Crippen LogP contribution in [0.15, 0.2) is 30.3 Å². The van der Waals surface area contributed by atoms with Crippen LogP contribution >= 0.6 is 0 Å². The second kappa shape index (κ2) is 7.16. The maximum atomic E-state index is 12.4. The fourth-order valence-electron chi connectivity index (χ4n) is 3.93. The SMILES string of the molecule is O=C(N[C@H](Cc1ccccc1)C(=O)O)C1CC1C1CCCCC1. The molecule has 1 amide bonds. The van der Waals surface area contributed by atoms with Crippen LogP contribution in [0.2, 0.25) is 0 Å². The predicted molar refractivity (Wildman–Crippen MR) is 87.9 cm³/mol. The Morgan fingerprint density at radius 1 is 1.13 bits per heavy atom. The third kappa shape index (κ3) is 4.12. The Kier molecular flexibility index (Phi) is 4.99. The zero-order valence-corrected chi connectivity index (χ0v) is 13.4. The van der Waals surface area contributed by atoms with Gasteiger partial charge in [0.05, 0.1) is 0 Å². The molecule has 0 saturated heterocycles. The number of carbonyl (C=O) groups is 2. The van der Waals surface area contributed by atoms with Crippen molar-refractivity contribution in [1.82, 2.24) is 5.32 Å². The van der Waals surface area contributed by atoms with E-state index in [1.165, 1.54) is 32.1 Å². The average Bonchev–Trinajstić information content (AvgIpc) is 3.37. The third-order valence-electron chi connectivity index (χ3n) is 5.33. The molecule has 1 aromatic carbocycles. The Hall–Kier alpha value is -1.84. The van der Waals surface area contributed by atoms with Gasteiger partial charge < -0.3 is 10.4 Å². The second-order valence-electron chi connectivity index (χ2n) is 6.99. The Labute approximate surface area is 137 Å². The molecule has 124 valence electrons. The number of hydrogen-bond acceptors (Lipinski definition) is 2. The van der Waals surface area contributed by atoms with Crippen LogP contribution < -0.4 is 5.32 Å². The molecule has 0 aliphatic heterocycles. The molecular formula is C19H25NO3. The molecular weight excluding hydrogens is 290 g/mol. The monoisotopic (exact) mass is 315 g/mol. The molecule has 4 heteroatoms. The van der Waals surface area contributed by atoms with Gasteiger partial charge in [0.15, 0.2) is 0 Å². The Balaban J connectivity index is 1.54. The van der Waals surface area contributed by atoms with Crippen molar-refractivity contribution >= 4 is 11.9 Å². The molecule has 0 spiro atoms. The first-order valence-electron chi connectivity index (χ1n) is 8.72. The molecule has 0 bridgehead atoms. The van der Waals surface area contributed by atoms with Gasteiger partial charge in [0.25, 0.3) is 0 Å². The molecule has 2 saturated carbocycles. The standard InChI is InChI=1S/C19H25NO3/c21-18(16-12-15(16)14-9-5-2-6-10-14)20-17(19(22)23)11-13-7-3-1-4-8-13/h1,3-4,7-8,14-17H,2,5-6,9-12H2,(H,20,21)(H,22,23)/t15?,16?,17-/m1/s1. The molecule has 23 heavy (non-hydrogen) atoms. The summed E-state index contributed by atoms with van der Waals surface area (Å²) >= 11 is 0. The number of carboxylic acids is 1. The predicted octanol–water partition coefficient (Wildman–Crippen LogP) is 3.01. The van der Waals surface area contributed by atoms with Crippen molar-refractivity contribution in [2.45, 2.75) is 51.0 Å². The van der Waals surface area contributed by atoms with Gasteiger partial charge in [-0.3, -0.25) is 4.79 Å². The van der Waals surface area contributed by atoms with E-state index in [0.717, 1.165) is 12.0 Å². The molecule has 2 fully saturated rings. The number of aliphatic carboxylic acids is 1. The summed E-state index contributed by atoms with van der Waals surface area (Å²) in [5, 5.41) is 12.1. The average molecular weight is 315 g/mol. The first-order valence-corrected chi connectivity index (χ1v) is 8.72. The highest BCUT2D eigenvalue weighted by Gasteiger charge is 2.47. The molecule has 1 aromatic rings. The van der Waals surface area contributed by atoms with Gasteiger partial charge in [0.2, 0.25) is 5.91 Å². The summed E-state index contributed by atoms with van der Waals surface area (Å²) < 4.78 is 0. The number of amides is 1. The highest BCUT2D eigenvalue weighted by Crippen LogP contribution is 2.49. The number of benzene rings is 1. The van der Waals surface area contributed by atoms with Crippen LogP contribution in [0.25, 0.3) is 0 Å². The van der Waals surface area contributed by atoms with Gasteiger partial charge in [-0.05, 0) is 23.8 Å². The minimum atomic E-state index is -0.961. The molecule has 0 heterocycles. The molecule has 2 N–H and O–H groups in total. The summed E-state index contributed by atoms with van der Waals surface area (Å²) in [5.41, 5.74) is 0.930. The minimum absolute atomic E-state index is 0.0377. The zero-order valence-electron chi connectivity index (χ0n) is 13.4. The Morgan fingerprint density at radius 3 is 2.48 bits per heavy atom. The topological polar surface area (TPSA) is 66.4 Å². The van der Waals surface area contributed by atoms with Crippen LogP contribution in [-0.2, 0) is 16.0 Å². The van der Waals surface area contributed by atoms with E-state index in [0.29, 0.717) is 18.3 Å². The van der Waals surface area contributed by atoms with E-state index >= 15 is 0 Å². The van der Waals surface area contributed by atoms with Crippen molar-refractivity contribution in [2.75, 3.05) is 0 Å². The summed E-state index contributed by atoms with van der Waals surface area (Å²) in [6.07, 6.45) is 7.62. The number of carboxylic acid groups (broad SMARTS) is 1. The van der Waals surface area contributed by atoms with Crippen LogP contribution in [0.3, 0.4) is 0 Å². The van der Waals surface area contributed by atoms with E-state index in [9.17, 15) is 14.7 Å². The number of rotatable bonds is 6. The van der Waals surface area contributed by atoms with Gasteiger partial charge in [-0.2, -0.15) is 0 Å². The Bertz CT molecular complexity index is 551. The normalized spacial score (nSPS) is 25.6. The van der Waals surface area contributed by atoms with E-state index < -0.39 is 12.0 Å². The quantitative estimate of drug-likeness (QED) is 0.848. The lowest BCUT2D eigenvalue weighted by molar-refractivity contribution is -0.142. The number of nitrogens with one attached hydrogen (secondary N) is 1. The van der Waals surface area contributed by atoms with Gasteiger partial charge in [-0.25, -0.2) is 4.79 Å². The zero-order chi connectivity index (χ0) is 16.2. The van der Waals surface area contributed by atoms with Gasteiger partial charge in [0.1, 0.15) is 6.04 Å². The number of carbonyl (C=O) groups excluding carboxylic acids is 1. The van der Waals surface area contributed by atoms with Gasteiger partial charge in [-0.1, -0.05) is 62.4 Å². The summed E-state index contributed by atoms with van der Waals surface area (Å²) in [6, 6.07) is 8.62. The van der Waals surface area contributed by atoms with E-state index in [4.69, 9.17) is 0 Å². The van der Waals surface area contributed by atoms with Crippen LogP contribution in [0.1, 0.15) is 44.1 Å². The highest BCUT2D eigenvalue weighted by atomic mass is 16.4. The van der Waals surface area contributed by atoms with Crippen LogP contribution in [0.5, 0.6) is 0 Å². The molecule has 3 atom stereocenters. The fourth-order valence-corrected chi connectivity index (χ4v) is 3.93. The van der Waals surface area contributed by atoms with Crippen molar-refractivity contribution in [1.29, 1.82) is 0 Å². The molecule has 2 aliphatic carbocycles. The first kappa shape index (κ1) is 16.0. The molecule has 0 aromatic heterocycles. The number of hydrogen-bond donors (Lipinski definition) is 2. The van der Waals surface area contributed by atoms with E-state index in [1.807, 2.05) is 30.3 Å². The summed E-state index contributed by atoms with van der Waals surface area (Å²) in [5.74, 6) is 0.176. The maximum absolute atomic E-state index is 12.4. The van der Waals surface area contributed by atoms with Crippen LogP contribution in [-0.4, -0.2) is 23.0 Å². The van der Waals surface area contributed by atoms with Crippen LogP contribution in [0, 0.1) is 17.8 Å². The maximum Gasteiger partial charge on any atom is 0.326 e. The van der Waals surface area contributed by atoms with E-state index in [2.05, 4.69) is 5.32 Å². The molecule has 2 aliphatic rings. The minimum Gasteiger partial charge on any atom is -0.480 e. The lowest BCUT2D eigenvalue weighted by Gasteiger charge is -2.22. The van der Waals surface area contributed by atoms with E-state index in [-0.39, 0.29) is 11.8 Å². The van der Waals surface area contributed by atoms with E-state index in [1.54, 1.807) is 0 Å². The summed E-state index contributed by atoms with van der Waals surface area (Å²) in [6.45, 7) is 0. The smallest absolute Gasteiger partial charge is 0.326 e. The molecule has 3 rings (SSSR count). The van der Waals surface area contributed by atoms with Crippen molar-refractivity contribution in [2.24, 2.45) is 17.8 Å². The van der Waals surface area contributed by atoms with Crippen molar-refractivity contribution in [3.05, 3.63) is 35.9 Å². The fraction of sp³-hybridized carbons (Fsp3) is 0.579. The first-order chi connectivity index (χ1) is 11.1. The largest absolute Gasteiger partial charge is 0.480 e. The molecule has 4 nitrogen and oxygen atoms in total. The van der Waals surface area contributed by atoms with Crippen molar-refractivity contribution in [3.63, 3.8) is 0 Å². The third-order valence-corrected chi connectivity index (χ3v) is 5.33. The van der Waals surface area contributed by atoms with Crippen molar-refractivity contribution in [3.8, 4) is 0 Å². The highest BCUT2D eigenvalue weighted by molar-refractivity contribution is 5.86. The van der Waals surface area contributed by atoms with Crippen LogP contribution in [0.4, 0.5) is 0 Å². The lowest BCUT2D eigenvalue weighted by Crippen LogP contribution is -2.43. The van der Waals surface area contributed by atoms with Gasteiger partial charge in [0, 0.05) is 12.3 Å². The Morgan fingerprint density at radius 2 is 1.83 bits per heavy atom. The molecule has 2 unspecified atom stereocenters. The van der Waals surface area contributed by atoms with Gasteiger partial charge in [-0.15, -0.1) is 0 Å². The molecule has 0 radical (unpaired) electrons. The summed E-state index contributed by atoms with van der Waals surface area (Å²) in [4.78, 5) is 23.8. The van der Waals surface area contributed by atoms with Gasteiger partial charge >= 0.3 is 5.97 Å². The summed E-state index contributed by atoms with van der Waals surface area (Å²) in [7, 11) is 0. The lowest BCUT2D eigenvalue weighted by atomic mass is 9.85. The second-order valence-corrected chi connectivity index (χ2v) is 6.99. The van der Waals surface area contributed by atoms with Crippen molar-refractivity contribution < 1.29 is 14.7 Å².